The summed E-state index contributed by atoms with van der Waals surface area (Å²) >= 11 is 3.23. The van der Waals surface area contributed by atoms with Gasteiger partial charge in [-0.05, 0) is 25.1 Å². The molecule has 3 heteroatoms. The van der Waals surface area contributed by atoms with Crippen LogP contribution in [0.15, 0.2) is 42.2 Å². The molecule has 14 heavy (non-hydrogen) atoms. The Hall–Kier alpha value is -1.09. The highest BCUT2D eigenvalue weighted by Crippen LogP contribution is 2.07. The van der Waals surface area contributed by atoms with Gasteiger partial charge in [-0.25, -0.2) is 4.79 Å². The van der Waals surface area contributed by atoms with Crippen LogP contribution in [0.1, 0.15) is 17.3 Å². The number of alkyl halides is 1. The van der Waals surface area contributed by atoms with E-state index in [0.29, 0.717) is 16.7 Å². The Morgan fingerprint density at radius 1 is 1.43 bits per heavy atom. The van der Waals surface area contributed by atoms with Gasteiger partial charge in [-0.15, -0.1) is 0 Å². The van der Waals surface area contributed by atoms with Crippen LogP contribution in [0.4, 0.5) is 0 Å². The minimum atomic E-state index is -0.321. The summed E-state index contributed by atoms with van der Waals surface area (Å²) < 4.78 is 5.11. The first-order valence-corrected chi connectivity index (χ1v) is 5.38. The zero-order valence-corrected chi connectivity index (χ0v) is 9.45. The van der Waals surface area contributed by atoms with Crippen LogP contribution >= 0.6 is 15.9 Å². The van der Waals surface area contributed by atoms with Crippen LogP contribution in [-0.4, -0.2) is 11.3 Å². The molecule has 0 fully saturated rings. The molecule has 0 radical (unpaired) electrons. The summed E-state index contributed by atoms with van der Waals surface area (Å²) in [7, 11) is 0. The van der Waals surface area contributed by atoms with Gasteiger partial charge in [0, 0.05) is 0 Å². The van der Waals surface area contributed by atoms with E-state index in [1.54, 1.807) is 30.3 Å². The molecule has 1 rings (SSSR count). The molecule has 0 aliphatic carbocycles. The summed E-state index contributed by atoms with van der Waals surface area (Å²) in [6.07, 6.45) is 1.76. The number of hydrogen-bond acceptors (Lipinski definition) is 2. The van der Waals surface area contributed by atoms with Gasteiger partial charge in [0.15, 0.2) is 0 Å². The van der Waals surface area contributed by atoms with E-state index in [4.69, 9.17) is 4.74 Å². The second kappa shape index (κ2) is 5.60. The fourth-order valence-corrected chi connectivity index (χ4v) is 1.35. The number of ether oxygens (including phenoxy) is 1. The zero-order valence-electron chi connectivity index (χ0n) is 7.87. The molecule has 2 nitrogen and oxygen atoms in total. The molecule has 0 aromatic heterocycles. The number of allylic oxidation sites excluding steroid dienone is 2. The standard InChI is InChI=1S/C11H11BrO2/c1-2-10(8-12)14-11(13)9-6-4-3-5-7-9/h2-7H,8H2,1H3/b10-2-. The minimum absolute atomic E-state index is 0.321. The van der Waals surface area contributed by atoms with Gasteiger partial charge in [-0.3, -0.25) is 0 Å². The van der Waals surface area contributed by atoms with E-state index in [0.717, 1.165) is 0 Å². The van der Waals surface area contributed by atoms with E-state index >= 15 is 0 Å². The Balaban J connectivity index is 2.68. The lowest BCUT2D eigenvalue weighted by molar-refractivity contribution is 0.0628. The van der Waals surface area contributed by atoms with Crippen molar-refractivity contribution < 1.29 is 9.53 Å². The van der Waals surface area contributed by atoms with Crippen molar-refractivity contribution in [3.63, 3.8) is 0 Å². The molecule has 0 saturated carbocycles. The zero-order chi connectivity index (χ0) is 10.4. The summed E-state index contributed by atoms with van der Waals surface area (Å²) in [5, 5.41) is 0.544. The maximum atomic E-state index is 11.5. The molecule has 1 aromatic rings. The van der Waals surface area contributed by atoms with Crippen molar-refractivity contribution in [2.24, 2.45) is 0 Å². The molecule has 0 bridgehead atoms. The molecular weight excluding hydrogens is 244 g/mol. The van der Waals surface area contributed by atoms with E-state index in [-0.39, 0.29) is 5.97 Å². The summed E-state index contributed by atoms with van der Waals surface area (Å²) in [5.41, 5.74) is 0.563. The number of carbonyl (C=O) groups is 1. The van der Waals surface area contributed by atoms with E-state index in [2.05, 4.69) is 15.9 Å². The average molecular weight is 255 g/mol. The van der Waals surface area contributed by atoms with Crippen molar-refractivity contribution in [1.29, 1.82) is 0 Å². The van der Waals surface area contributed by atoms with Crippen molar-refractivity contribution in [1.82, 2.24) is 0 Å². The van der Waals surface area contributed by atoms with Crippen LogP contribution in [0.3, 0.4) is 0 Å². The van der Waals surface area contributed by atoms with Gasteiger partial charge in [0.2, 0.25) is 0 Å². The Morgan fingerprint density at radius 2 is 2.07 bits per heavy atom. The SMILES string of the molecule is C/C=C(/CBr)OC(=O)c1ccccc1. The van der Waals surface area contributed by atoms with Crippen molar-refractivity contribution in [2.75, 3.05) is 5.33 Å². The lowest BCUT2D eigenvalue weighted by Gasteiger charge is -2.04. The Labute approximate surface area is 91.7 Å². The van der Waals surface area contributed by atoms with E-state index < -0.39 is 0 Å². The second-order valence-corrected chi connectivity index (χ2v) is 3.20. The monoisotopic (exact) mass is 254 g/mol. The summed E-state index contributed by atoms with van der Waals surface area (Å²) in [5.74, 6) is 0.303. The molecule has 0 saturated heterocycles. The van der Waals surface area contributed by atoms with E-state index in [9.17, 15) is 4.79 Å². The molecule has 0 atom stereocenters. The van der Waals surface area contributed by atoms with Crippen LogP contribution < -0.4 is 0 Å². The molecule has 0 heterocycles. The predicted octanol–water partition coefficient (Wildman–Crippen LogP) is 3.14. The maximum absolute atomic E-state index is 11.5. The number of rotatable bonds is 3. The normalized spacial score (nSPS) is 11.1. The van der Waals surface area contributed by atoms with Crippen LogP contribution in [0.25, 0.3) is 0 Å². The Kier molecular flexibility index (Phi) is 4.40. The van der Waals surface area contributed by atoms with Crippen LogP contribution in [0.2, 0.25) is 0 Å². The predicted molar refractivity (Wildman–Crippen MR) is 59.4 cm³/mol. The molecular formula is C11H11BrO2. The van der Waals surface area contributed by atoms with Gasteiger partial charge >= 0.3 is 5.97 Å². The quantitative estimate of drug-likeness (QED) is 0.471. The fraction of sp³-hybridized carbons (Fsp3) is 0.182. The minimum Gasteiger partial charge on any atom is -0.427 e. The van der Waals surface area contributed by atoms with Crippen molar-refractivity contribution in [3.05, 3.63) is 47.7 Å². The Morgan fingerprint density at radius 3 is 2.57 bits per heavy atom. The van der Waals surface area contributed by atoms with Crippen LogP contribution in [-0.2, 0) is 4.74 Å². The molecule has 74 valence electrons. The molecule has 0 N–H and O–H groups in total. The van der Waals surface area contributed by atoms with Crippen molar-refractivity contribution >= 4 is 21.9 Å². The third-order valence-electron chi connectivity index (χ3n) is 1.69. The topological polar surface area (TPSA) is 26.3 Å². The highest BCUT2D eigenvalue weighted by molar-refractivity contribution is 9.09. The molecule has 0 spiro atoms. The largest absolute Gasteiger partial charge is 0.427 e. The molecule has 0 aliphatic rings. The summed E-state index contributed by atoms with van der Waals surface area (Å²) in [6.45, 7) is 1.83. The molecule has 1 aromatic carbocycles. The smallest absolute Gasteiger partial charge is 0.343 e. The molecule has 0 aliphatic heterocycles. The molecule has 0 amide bonds. The van der Waals surface area contributed by atoms with Gasteiger partial charge in [0.1, 0.15) is 5.76 Å². The first-order valence-electron chi connectivity index (χ1n) is 4.26. The number of hydrogen-bond donors (Lipinski definition) is 0. The molecule has 0 unspecified atom stereocenters. The highest BCUT2D eigenvalue weighted by Gasteiger charge is 2.07. The van der Waals surface area contributed by atoms with Crippen molar-refractivity contribution in [3.8, 4) is 0 Å². The maximum Gasteiger partial charge on any atom is 0.343 e. The first kappa shape index (κ1) is 11.0. The number of carbonyl (C=O) groups excluding carboxylic acids is 1. The van der Waals surface area contributed by atoms with Gasteiger partial charge < -0.3 is 4.74 Å². The van der Waals surface area contributed by atoms with E-state index in [1.807, 2.05) is 13.0 Å². The number of esters is 1. The van der Waals surface area contributed by atoms with Gasteiger partial charge in [0.25, 0.3) is 0 Å². The van der Waals surface area contributed by atoms with Crippen molar-refractivity contribution in [2.45, 2.75) is 6.92 Å². The lowest BCUT2D eigenvalue weighted by atomic mass is 10.2. The highest BCUT2D eigenvalue weighted by atomic mass is 79.9. The first-order chi connectivity index (χ1) is 6.77. The lowest BCUT2D eigenvalue weighted by Crippen LogP contribution is -2.05. The number of halogens is 1. The van der Waals surface area contributed by atoms with E-state index in [1.165, 1.54) is 0 Å². The van der Waals surface area contributed by atoms with Crippen LogP contribution in [0.5, 0.6) is 0 Å². The third-order valence-corrected chi connectivity index (χ3v) is 2.24. The van der Waals surface area contributed by atoms with Gasteiger partial charge in [0.05, 0.1) is 10.9 Å². The average Bonchev–Trinajstić information content (AvgIpc) is 2.26. The van der Waals surface area contributed by atoms with Crippen LogP contribution in [0, 0.1) is 0 Å². The van der Waals surface area contributed by atoms with Gasteiger partial charge in [-0.1, -0.05) is 34.1 Å². The number of benzene rings is 1. The summed E-state index contributed by atoms with van der Waals surface area (Å²) in [4.78, 5) is 11.5. The third kappa shape index (κ3) is 3.00. The summed E-state index contributed by atoms with van der Waals surface area (Å²) in [6, 6.07) is 8.92. The second-order valence-electron chi connectivity index (χ2n) is 2.64. The fourth-order valence-electron chi connectivity index (χ4n) is 0.916. The Bertz CT molecular complexity index is 330. The van der Waals surface area contributed by atoms with Gasteiger partial charge in [-0.2, -0.15) is 0 Å².